The standard InChI is InChI=1S/C17H17FN4O/c1-2-22(16-5-3-4-15(10-19)21-16)12-17(23)20-11-13-6-8-14(18)9-7-13/h3-9H,2,11-12H2,1H3,(H,20,23). The van der Waals surface area contributed by atoms with Gasteiger partial charge in [-0.15, -0.1) is 0 Å². The first-order valence-electron chi connectivity index (χ1n) is 7.25. The van der Waals surface area contributed by atoms with Crippen LogP contribution in [-0.2, 0) is 11.3 Å². The van der Waals surface area contributed by atoms with E-state index in [0.29, 0.717) is 24.6 Å². The second kappa shape index (κ2) is 7.90. The number of hydrogen-bond donors (Lipinski definition) is 1. The topological polar surface area (TPSA) is 69.0 Å². The lowest BCUT2D eigenvalue weighted by Gasteiger charge is -2.21. The van der Waals surface area contributed by atoms with Crippen LogP contribution in [0.1, 0.15) is 18.2 Å². The van der Waals surface area contributed by atoms with E-state index in [0.717, 1.165) is 5.56 Å². The zero-order chi connectivity index (χ0) is 16.7. The smallest absolute Gasteiger partial charge is 0.239 e. The molecular formula is C17H17FN4O. The molecule has 118 valence electrons. The molecule has 1 amide bonds. The first-order valence-corrected chi connectivity index (χ1v) is 7.25. The maximum atomic E-state index is 12.8. The Bertz CT molecular complexity index is 709. The Kier molecular flexibility index (Phi) is 5.64. The summed E-state index contributed by atoms with van der Waals surface area (Å²) in [5, 5.41) is 11.7. The van der Waals surface area contributed by atoms with Crippen LogP contribution in [0.2, 0.25) is 0 Å². The van der Waals surface area contributed by atoms with Gasteiger partial charge in [-0.25, -0.2) is 9.37 Å². The van der Waals surface area contributed by atoms with E-state index in [1.165, 1.54) is 12.1 Å². The summed E-state index contributed by atoms with van der Waals surface area (Å²) in [5.41, 5.74) is 1.14. The summed E-state index contributed by atoms with van der Waals surface area (Å²) in [4.78, 5) is 18.0. The monoisotopic (exact) mass is 312 g/mol. The van der Waals surface area contributed by atoms with Crippen LogP contribution in [0.25, 0.3) is 0 Å². The molecule has 0 aliphatic rings. The predicted molar refractivity (Wildman–Crippen MR) is 85.1 cm³/mol. The minimum atomic E-state index is -0.305. The van der Waals surface area contributed by atoms with Gasteiger partial charge in [-0.2, -0.15) is 5.26 Å². The van der Waals surface area contributed by atoms with Gasteiger partial charge in [0.1, 0.15) is 23.4 Å². The van der Waals surface area contributed by atoms with Crippen molar-refractivity contribution in [1.82, 2.24) is 10.3 Å². The molecule has 0 saturated heterocycles. The van der Waals surface area contributed by atoms with Crippen LogP contribution in [-0.4, -0.2) is 24.0 Å². The van der Waals surface area contributed by atoms with Crippen molar-refractivity contribution in [3.05, 3.63) is 59.5 Å². The third-order valence-corrected chi connectivity index (χ3v) is 3.29. The van der Waals surface area contributed by atoms with Gasteiger partial charge < -0.3 is 10.2 Å². The quantitative estimate of drug-likeness (QED) is 0.888. The molecule has 6 heteroatoms. The Labute approximate surface area is 134 Å². The Hall–Kier alpha value is -2.94. The van der Waals surface area contributed by atoms with Crippen molar-refractivity contribution in [2.24, 2.45) is 0 Å². The summed E-state index contributed by atoms with van der Waals surface area (Å²) in [6.07, 6.45) is 0. The van der Waals surface area contributed by atoms with Gasteiger partial charge in [-0.3, -0.25) is 4.79 Å². The third kappa shape index (κ3) is 4.78. The van der Waals surface area contributed by atoms with E-state index in [2.05, 4.69) is 10.3 Å². The van der Waals surface area contributed by atoms with Crippen molar-refractivity contribution < 1.29 is 9.18 Å². The molecule has 0 aliphatic heterocycles. The molecule has 0 fully saturated rings. The van der Waals surface area contributed by atoms with Crippen LogP contribution < -0.4 is 10.2 Å². The number of halogens is 1. The van der Waals surface area contributed by atoms with Crippen LogP contribution in [0.3, 0.4) is 0 Å². The molecule has 0 saturated carbocycles. The molecule has 0 atom stereocenters. The van der Waals surface area contributed by atoms with E-state index in [-0.39, 0.29) is 18.3 Å². The van der Waals surface area contributed by atoms with Crippen LogP contribution in [0.4, 0.5) is 10.2 Å². The number of nitriles is 1. The Morgan fingerprint density at radius 2 is 2.04 bits per heavy atom. The number of carbonyl (C=O) groups excluding carboxylic acids is 1. The number of carbonyl (C=O) groups is 1. The number of nitrogens with zero attached hydrogens (tertiary/aromatic N) is 3. The van der Waals surface area contributed by atoms with Crippen molar-refractivity contribution in [3.63, 3.8) is 0 Å². The Morgan fingerprint density at radius 3 is 2.70 bits per heavy atom. The summed E-state index contributed by atoms with van der Waals surface area (Å²) in [5.74, 6) is 0.115. The number of pyridine rings is 1. The molecule has 1 aromatic carbocycles. The largest absolute Gasteiger partial charge is 0.350 e. The highest BCUT2D eigenvalue weighted by Gasteiger charge is 2.11. The number of rotatable bonds is 6. The fraction of sp³-hybridized carbons (Fsp3) is 0.235. The lowest BCUT2D eigenvalue weighted by atomic mass is 10.2. The molecule has 1 aromatic heterocycles. The lowest BCUT2D eigenvalue weighted by molar-refractivity contribution is -0.119. The highest BCUT2D eigenvalue weighted by Crippen LogP contribution is 2.10. The summed E-state index contributed by atoms with van der Waals surface area (Å²) >= 11 is 0. The number of likely N-dealkylation sites (N-methyl/N-ethyl adjacent to an activating group) is 1. The first kappa shape index (κ1) is 16.4. The summed E-state index contributed by atoms with van der Waals surface area (Å²) in [6.45, 7) is 2.97. The fourth-order valence-corrected chi connectivity index (χ4v) is 2.05. The molecule has 2 rings (SSSR count). The van der Waals surface area contributed by atoms with Crippen molar-refractivity contribution in [1.29, 1.82) is 5.26 Å². The van der Waals surface area contributed by atoms with Gasteiger partial charge >= 0.3 is 0 Å². The number of benzene rings is 1. The number of amides is 1. The second-order valence-electron chi connectivity index (χ2n) is 4.91. The molecule has 0 spiro atoms. The van der Waals surface area contributed by atoms with Crippen LogP contribution >= 0.6 is 0 Å². The summed E-state index contributed by atoms with van der Waals surface area (Å²) in [7, 11) is 0. The van der Waals surface area contributed by atoms with E-state index in [9.17, 15) is 9.18 Å². The molecule has 0 radical (unpaired) electrons. The first-order chi connectivity index (χ1) is 11.1. The van der Waals surface area contributed by atoms with Gasteiger partial charge in [-0.1, -0.05) is 18.2 Å². The van der Waals surface area contributed by atoms with Gasteiger partial charge in [0.2, 0.25) is 5.91 Å². The molecule has 0 aliphatic carbocycles. The SMILES string of the molecule is CCN(CC(=O)NCc1ccc(F)cc1)c1cccc(C#N)n1. The van der Waals surface area contributed by atoms with E-state index in [4.69, 9.17) is 5.26 Å². The van der Waals surface area contributed by atoms with Gasteiger partial charge in [0.05, 0.1) is 6.54 Å². The van der Waals surface area contributed by atoms with Crippen LogP contribution in [0.5, 0.6) is 0 Å². The van der Waals surface area contributed by atoms with Gasteiger partial charge in [0, 0.05) is 13.1 Å². The number of hydrogen-bond acceptors (Lipinski definition) is 4. The highest BCUT2D eigenvalue weighted by molar-refractivity contribution is 5.81. The normalized spacial score (nSPS) is 9.96. The Morgan fingerprint density at radius 1 is 1.30 bits per heavy atom. The van der Waals surface area contributed by atoms with Crippen molar-refractivity contribution in [2.45, 2.75) is 13.5 Å². The Balaban J connectivity index is 1.94. The maximum Gasteiger partial charge on any atom is 0.239 e. The van der Waals surface area contributed by atoms with Crippen molar-refractivity contribution in [3.8, 4) is 6.07 Å². The zero-order valence-electron chi connectivity index (χ0n) is 12.8. The molecule has 23 heavy (non-hydrogen) atoms. The lowest BCUT2D eigenvalue weighted by Crippen LogP contribution is -2.37. The summed E-state index contributed by atoms with van der Waals surface area (Å²) in [6, 6.07) is 13.1. The van der Waals surface area contributed by atoms with Gasteiger partial charge in [-0.05, 0) is 36.8 Å². The molecule has 1 N–H and O–H groups in total. The minimum Gasteiger partial charge on any atom is -0.350 e. The predicted octanol–water partition coefficient (Wildman–Crippen LogP) is 2.24. The average Bonchev–Trinajstić information content (AvgIpc) is 2.59. The molecule has 1 heterocycles. The summed E-state index contributed by atoms with van der Waals surface area (Å²) < 4.78 is 12.8. The molecular weight excluding hydrogens is 295 g/mol. The van der Waals surface area contributed by atoms with Crippen LogP contribution in [0.15, 0.2) is 42.5 Å². The van der Waals surface area contributed by atoms with Crippen molar-refractivity contribution >= 4 is 11.7 Å². The minimum absolute atomic E-state index is 0.138. The van der Waals surface area contributed by atoms with Crippen LogP contribution in [0, 0.1) is 17.1 Å². The van der Waals surface area contributed by atoms with Gasteiger partial charge in [0.15, 0.2) is 0 Å². The van der Waals surface area contributed by atoms with Crippen molar-refractivity contribution in [2.75, 3.05) is 18.0 Å². The molecule has 5 nitrogen and oxygen atoms in total. The fourth-order valence-electron chi connectivity index (χ4n) is 2.05. The number of aromatic nitrogens is 1. The second-order valence-corrected chi connectivity index (χ2v) is 4.91. The van der Waals surface area contributed by atoms with Gasteiger partial charge in [0.25, 0.3) is 0 Å². The average molecular weight is 312 g/mol. The molecule has 0 bridgehead atoms. The highest BCUT2D eigenvalue weighted by atomic mass is 19.1. The third-order valence-electron chi connectivity index (χ3n) is 3.29. The van der Waals surface area contributed by atoms with E-state index < -0.39 is 0 Å². The van der Waals surface area contributed by atoms with E-state index >= 15 is 0 Å². The number of nitrogens with one attached hydrogen (secondary N) is 1. The number of anilines is 1. The molecule has 2 aromatic rings. The maximum absolute atomic E-state index is 12.8. The molecule has 0 unspecified atom stereocenters. The van der Waals surface area contributed by atoms with E-state index in [1.807, 2.05) is 13.0 Å². The zero-order valence-corrected chi connectivity index (χ0v) is 12.8. The van der Waals surface area contributed by atoms with E-state index in [1.54, 1.807) is 35.2 Å².